The molecular formula is C22H25F3N6O4. The summed E-state index contributed by atoms with van der Waals surface area (Å²) in [6.07, 6.45) is -4.57. The second-order valence-corrected chi connectivity index (χ2v) is 8.86. The Kier molecular flexibility index (Phi) is 6.56. The van der Waals surface area contributed by atoms with Crippen LogP contribution in [0.5, 0.6) is 0 Å². The number of carbonyl (C=O) groups is 2. The third kappa shape index (κ3) is 5.15. The Morgan fingerprint density at radius 3 is 2.51 bits per heavy atom. The first kappa shape index (κ1) is 24.7. The molecule has 1 aromatic heterocycles. The van der Waals surface area contributed by atoms with E-state index in [1.807, 2.05) is 24.3 Å². The Bertz CT molecular complexity index is 1120. The summed E-state index contributed by atoms with van der Waals surface area (Å²) in [5.74, 6) is -1.20. The van der Waals surface area contributed by atoms with Crippen molar-refractivity contribution in [1.82, 2.24) is 20.3 Å². The molecule has 1 aromatic carbocycles. The molecule has 0 radical (unpaired) electrons. The molecule has 188 valence electrons. The molecule has 0 saturated carbocycles. The van der Waals surface area contributed by atoms with Gasteiger partial charge >= 0.3 is 12.3 Å². The van der Waals surface area contributed by atoms with Crippen molar-refractivity contribution in [3.63, 3.8) is 0 Å². The number of fused-ring (bicyclic) bond motifs is 1. The van der Waals surface area contributed by atoms with E-state index in [1.165, 1.54) is 18.9 Å². The van der Waals surface area contributed by atoms with E-state index in [9.17, 15) is 27.9 Å². The molecule has 2 aromatic rings. The topological polar surface area (TPSA) is 111 Å². The predicted octanol–water partition coefficient (Wildman–Crippen LogP) is 2.19. The lowest BCUT2D eigenvalue weighted by Crippen LogP contribution is -2.57. The van der Waals surface area contributed by atoms with Crippen LogP contribution in [-0.2, 0) is 17.5 Å². The van der Waals surface area contributed by atoms with E-state index in [-0.39, 0.29) is 25.6 Å². The second kappa shape index (κ2) is 9.30. The molecular weight excluding hydrogens is 469 g/mol. The number of nitrogens with zero attached hydrogens (tertiary/aromatic N) is 5. The smallest absolute Gasteiger partial charge is 0.434 e. The van der Waals surface area contributed by atoms with Crippen molar-refractivity contribution in [2.75, 3.05) is 42.7 Å². The molecule has 1 saturated heterocycles. The number of cyclic esters (lactones) is 1. The first-order chi connectivity index (χ1) is 16.5. The summed E-state index contributed by atoms with van der Waals surface area (Å²) >= 11 is 0. The lowest BCUT2D eigenvalue weighted by Gasteiger charge is -2.42. The molecule has 0 spiro atoms. The molecule has 3 heterocycles. The van der Waals surface area contributed by atoms with E-state index in [4.69, 9.17) is 4.74 Å². The average Bonchev–Trinajstić information content (AvgIpc) is 2.83. The van der Waals surface area contributed by atoms with Crippen molar-refractivity contribution in [3.05, 3.63) is 47.3 Å². The molecule has 10 nitrogen and oxygen atoms in total. The zero-order valence-electron chi connectivity index (χ0n) is 19.2. The molecule has 0 atom stereocenters. The number of amides is 2. The number of aliphatic hydroxyl groups excluding tert-OH is 1. The highest BCUT2D eigenvalue weighted by Gasteiger charge is 2.40. The minimum Gasteiger partial charge on any atom is -0.443 e. The molecule has 13 heteroatoms. The van der Waals surface area contributed by atoms with Gasteiger partial charge in [0.15, 0.2) is 5.69 Å². The Hall–Kier alpha value is -3.45. The molecule has 2 N–H and O–H groups in total. The maximum absolute atomic E-state index is 13.8. The summed E-state index contributed by atoms with van der Waals surface area (Å²) in [6.45, 7) is 3.76. The summed E-state index contributed by atoms with van der Waals surface area (Å²) in [7, 11) is 0. The van der Waals surface area contributed by atoms with Crippen LogP contribution in [0.25, 0.3) is 0 Å². The van der Waals surface area contributed by atoms with Gasteiger partial charge in [0.25, 0.3) is 5.91 Å². The molecule has 35 heavy (non-hydrogen) atoms. The van der Waals surface area contributed by atoms with Crippen molar-refractivity contribution >= 4 is 23.6 Å². The van der Waals surface area contributed by atoms with Gasteiger partial charge in [0.05, 0.1) is 23.4 Å². The number of aromatic nitrogens is 2. The number of ether oxygens (including phenoxy) is 1. The van der Waals surface area contributed by atoms with E-state index in [1.54, 1.807) is 9.91 Å². The first-order valence-electron chi connectivity index (χ1n) is 10.9. The number of rotatable bonds is 5. The highest BCUT2D eigenvalue weighted by Crippen LogP contribution is 2.32. The quantitative estimate of drug-likeness (QED) is 0.651. The standard InChI is InChI=1S/C22H25F3N6O4/c1-21(2,13-32)28-18(33)15-11-26-19(27-17(15)22(23,24)25)29-7-9-30(10-8-29)31-16-6-4-3-5-14(16)12-35-20(31)34/h3-6,11,32H,7-10,12-13H2,1-2H3,(H,28,33). The van der Waals surface area contributed by atoms with Crippen LogP contribution in [0.3, 0.4) is 0 Å². The van der Waals surface area contributed by atoms with Crippen molar-refractivity contribution < 1.29 is 32.6 Å². The number of benzene rings is 1. The fourth-order valence-corrected chi connectivity index (χ4v) is 3.82. The van der Waals surface area contributed by atoms with Gasteiger partial charge < -0.3 is 20.1 Å². The van der Waals surface area contributed by atoms with Crippen LogP contribution in [0, 0.1) is 0 Å². The zero-order valence-corrected chi connectivity index (χ0v) is 19.2. The Morgan fingerprint density at radius 2 is 1.86 bits per heavy atom. The Balaban J connectivity index is 1.52. The number of piperazine rings is 1. The van der Waals surface area contributed by atoms with Crippen molar-refractivity contribution in [2.45, 2.75) is 32.2 Å². The van der Waals surface area contributed by atoms with Gasteiger partial charge in [0, 0.05) is 37.9 Å². The summed E-state index contributed by atoms with van der Waals surface area (Å²) in [6, 6.07) is 7.32. The van der Waals surface area contributed by atoms with Crippen LogP contribution in [0.4, 0.5) is 29.6 Å². The van der Waals surface area contributed by atoms with Gasteiger partial charge in [-0.3, -0.25) is 4.79 Å². The summed E-state index contributed by atoms with van der Waals surface area (Å²) in [4.78, 5) is 34.1. The van der Waals surface area contributed by atoms with Crippen molar-refractivity contribution in [3.8, 4) is 0 Å². The van der Waals surface area contributed by atoms with Gasteiger partial charge in [-0.1, -0.05) is 18.2 Å². The summed E-state index contributed by atoms with van der Waals surface area (Å²) in [5, 5.41) is 14.9. The van der Waals surface area contributed by atoms with Crippen LogP contribution in [0.1, 0.15) is 35.5 Å². The molecule has 2 amide bonds. The molecule has 2 aliphatic heterocycles. The van der Waals surface area contributed by atoms with Crippen molar-refractivity contribution in [1.29, 1.82) is 0 Å². The van der Waals surface area contributed by atoms with E-state index in [0.29, 0.717) is 18.8 Å². The van der Waals surface area contributed by atoms with Gasteiger partial charge in [0.2, 0.25) is 5.95 Å². The monoisotopic (exact) mass is 494 g/mol. The van der Waals surface area contributed by atoms with Gasteiger partial charge in [-0.2, -0.15) is 13.2 Å². The first-order valence-corrected chi connectivity index (χ1v) is 10.9. The van der Waals surface area contributed by atoms with Gasteiger partial charge in [-0.15, -0.1) is 0 Å². The fourth-order valence-electron chi connectivity index (χ4n) is 3.82. The number of hydrogen-bond donors (Lipinski definition) is 2. The fraction of sp³-hybridized carbons (Fsp3) is 0.455. The lowest BCUT2D eigenvalue weighted by atomic mass is 10.1. The number of anilines is 2. The Morgan fingerprint density at radius 1 is 1.17 bits per heavy atom. The van der Waals surface area contributed by atoms with E-state index < -0.39 is 41.6 Å². The second-order valence-electron chi connectivity index (χ2n) is 8.86. The van der Waals surface area contributed by atoms with E-state index in [2.05, 4.69) is 15.3 Å². The number of halogens is 3. The van der Waals surface area contributed by atoms with Crippen LogP contribution in [0.15, 0.2) is 30.5 Å². The van der Waals surface area contributed by atoms with Gasteiger partial charge in [-0.25, -0.2) is 24.8 Å². The molecule has 1 fully saturated rings. The SMILES string of the molecule is CC(C)(CO)NC(=O)c1cnc(N2CCN(N3C(=O)OCc4ccccc43)CC2)nc1C(F)(F)F. The summed E-state index contributed by atoms with van der Waals surface area (Å²) in [5.41, 5.74) is -1.65. The number of carbonyl (C=O) groups excluding carboxylic acids is 2. The maximum atomic E-state index is 13.8. The minimum atomic E-state index is -4.89. The molecule has 2 aliphatic rings. The maximum Gasteiger partial charge on any atom is 0.434 e. The average molecular weight is 494 g/mol. The highest BCUT2D eigenvalue weighted by atomic mass is 19.4. The Labute approximate surface area is 199 Å². The molecule has 0 bridgehead atoms. The van der Waals surface area contributed by atoms with Crippen molar-refractivity contribution in [2.24, 2.45) is 0 Å². The normalized spacial score (nSPS) is 17.1. The molecule has 0 unspecified atom stereocenters. The number of alkyl halides is 3. The van der Waals surface area contributed by atoms with Gasteiger partial charge in [0.1, 0.15) is 6.61 Å². The predicted molar refractivity (Wildman–Crippen MR) is 119 cm³/mol. The number of nitrogens with one attached hydrogen (secondary N) is 1. The highest BCUT2D eigenvalue weighted by molar-refractivity contribution is 5.95. The number of para-hydroxylation sites is 1. The van der Waals surface area contributed by atoms with E-state index >= 15 is 0 Å². The minimum absolute atomic E-state index is 0.170. The molecule has 4 rings (SSSR count). The molecule has 0 aliphatic carbocycles. The van der Waals surface area contributed by atoms with Crippen LogP contribution in [-0.4, -0.2) is 70.4 Å². The van der Waals surface area contributed by atoms with Crippen LogP contribution in [0.2, 0.25) is 0 Å². The van der Waals surface area contributed by atoms with Crippen LogP contribution < -0.4 is 15.2 Å². The number of aliphatic hydroxyl groups is 1. The van der Waals surface area contributed by atoms with E-state index in [0.717, 1.165) is 11.8 Å². The largest absolute Gasteiger partial charge is 0.443 e. The summed E-state index contributed by atoms with van der Waals surface area (Å²) < 4.78 is 46.5. The van der Waals surface area contributed by atoms with Crippen LogP contribution >= 0.6 is 0 Å². The third-order valence-electron chi connectivity index (χ3n) is 5.70. The number of hydrazine groups is 1. The van der Waals surface area contributed by atoms with Gasteiger partial charge in [-0.05, 0) is 19.9 Å². The number of hydrogen-bond acceptors (Lipinski definition) is 8. The zero-order chi connectivity index (χ0) is 25.4. The third-order valence-corrected chi connectivity index (χ3v) is 5.70. The lowest BCUT2D eigenvalue weighted by molar-refractivity contribution is -0.141.